The number of hydrogen-bond acceptors (Lipinski definition) is 0. The van der Waals surface area contributed by atoms with Crippen LogP contribution in [0.1, 0.15) is 45.8 Å². The molecule has 0 saturated carbocycles. The van der Waals surface area contributed by atoms with Crippen LogP contribution in [-0.2, 0) is 0 Å². The third-order valence-corrected chi connectivity index (χ3v) is 9.30. The molecule has 0 fully saturated rings. The lowest BCUT2D eigenvalue weighted by molar-refractivity contribution is 1.10. The van der Waals surface area contributed by atoms with Crippen LogP contribution in [0.2, 0.25) is 0 Å². The van der Waals surface area contributed by atoms with E-state index in [9.17, 15) is 0 Å². The normalized spacial score (nSPS) is 22.7. The van der Waals surface area contributed by atoms with Crippen molar-refractivity contribution in [2.75, 3.05) is 0 Å². The third-order valence-electron chi connectivity index (χ3n) is 5.19. The Morgan fingerprint density at radius 1 is 0.870 bits per heavy atom. The molecule has 0 nitrogen and oxygen atoms in total. The average molecular weight is 357 g/mol. The highest BCUT2D eigenvalue weighted by atomic mass is 35.5. The van der Waals surface area contributed by atoms with E-state index in [0.717, 1.165) is 10.1 Å². The van der Waals surface area contributed by atoms with Gasteiger partial charge in [-0.25, -0.2) is 0 Å². The second-order valence-corrected chi connectivity index (χ2v) is 9.46. The Morgan fingerprint density at radius 3 is 2.43 bits per heavy atom. The van der Waals surface area contributed by atoms with Crippen molar-refractivity contribution in [2.24, 2.45) is 0 Å². The Labute approximate surface area is 149 Å². The number of benzene rings is 2. The number of halogens is 2. The number of aryl methyl sites for hydroxylation is 1. The fraction of sp³-hybridized carbons (Fsp3) is 0.200. The summed E-state index contributed by atoms with van der Waals surface area (Å²) in [4.78, 5) is 0. The zero-order valence-corrected chi connectivity index (χ0v) is 16.2. The van der Waals surface area contributed by atoms with E-state index < -0.39 is 9.52 Å². The number of rotatable bonds is 2. The molecule has 23 heavy (non-hydrogen) atoms. The van der Waals surface area contributed by atoms with Gasteiger partial charge < -0.3 is 0 Å². The van der Waals surface area contributed by atoms with Crippen molar-refractivity contribution in [3.8, 4) is 0 Å². The number of hydrogen-bond donors (Lipinski definition) is 0. The van der Waals surface area contributed by atoms with Crippen molar-refractivity contribution in [1.29, 1.82) is 0 Å². The maximum atomic E-state index is 6.77. The first-order valence-electron chi connectivity index (χ1n) is 8.00. The minimum atomic E-state index is -0.586. The minimum absolute atomic E-state index is 0.380. The monoisotopic (exact) mass is 356 g/mol. The van der Waals surface area contributed by atoms with Crippen molar-refractivity contribution in [3.05, 3.63) is 80.3 Å². The summed E-state index contributed by atoms with van der Waals surface area (Å²) in [6, 6.07) is 15.1. The minimum Gasteiger partial charge on any atom is -0.0888 e. The predicted molar refractivity (Wildman–Crippen MR) is 104 cm³/mol. The highest BCUT2D eigenvalue weighted by Crippen LogP contribution is 2.48. The molecular formula is C20H18Cl2Si. The Bertz CT molecular complexity index is 864. The first-order chi connectivity index (χ1) is 11.1. The second-order valence-electron chi connectivity index (χ2n) is 6.51. The largest absolute Gasteiger partial charge is 0.0888 e. The van der Waals surface area contributed by atoms with Crippen molar-refractivity contribution in [1.82, 2.24) is 0 Å². The van der Waals surface area contributed by atoms with Crippen LogP contribution in [0.4, 0.5) is 0 Å². The van der Waals surface area contributed by atoms with E-state index >= 15 is 0 Å². The van der Waals surface area contributed by atoms with Gasteiger partial charge in [0.1, 0.15) is 0 Å². The second kappa shape index (κ2) is 5.66. The van der Waals surface area contributed by atoms with E-state index in [0.29, 0.717) is 11.1 Å². The summed E-state index contributed by atoms with van der Waals surface area (Å²) < 4.78 is 0. The maximum absolute atomic E-state index is 6.77. The van der Waals surface area contributed by atoms with E-state index in [1.807, 2.05) is 0 Å². The predicted octanol–water partition coefficient (Wildman–Crippen LogP) is 5.52. The number of allylic oxidation sites excluding steroid dienone is 3. The molecule has 2 atom stereocenters. The molecule has 0 saturated heterocycles. The van der Waals surface area contributed by atoms with Crippen LogP contribution in [-0.4, -0.2) is 9.52 Å². The van der Waals surface area contributed by atoms with Gasteiger partial charge in [0.15, 0.2) is 0 Å². The molecule has 0 bridgehead atoms. The average Bonchev–Trinajstić information content (AvgIpc) is 2.98. The lowest BCUT2D eigenvalue weighted by Crippen LogP contribution is -2.15. The number of fused-ring (bicyclic) bond motifs is 2. The summed E-state index contributed by atoms with van der Waals surface area (Å²) >= 11 is 13.4. The van der Waals surface area contributed by atoms with Crippen molar-refractivity contribution in [2.45, 2.75) is 24.9 Å². The SMILES string of the molecule is CC1=C(Cl)C([SiH2]C2C(Cl)=Cc3ccccc32)c2cccc(C)c21. The first-order valence-corrected chi connectivity index (χ1v) is 10.4. The lowest BCUT2D eigenvalue weighted by Gasteiger charge is -2.19. The molecule has 0 radical (unpaired) electrons. The molecule has 2 aliphatic carbocycles. The van der Waals surface area contributed by atoms with Crippen LogP contribution >= 0.6 is 23.2 Å². The van der Waals surface area contributed by atoms with Crippen molar-refractivity contribution >= 4 is 44.4 Å². The van der Waals surface area contributed by atoms with E-state index in [4.69, 9.17) is 23.2 Å². The standard InChI is InChI=1S/C20H18Cl2Si/c1-11-6-5-9-15-17(11)12(2)18(22)20(15)23-19-14-8-4-3-7-13(14)10-16(19)21/h3-10,19-20H,23H2,1-2H3. The maximum Gasteiger partial charge on any atom is 0.0506 e. The Balaban J connectivity index is 1.74. The fourth-order valence-electron chi connectivity index (χ4n) is 4.07. The van der Waals surface area contributed by atoms with Gasteiger partial charge >= 0.3 is 0 Å². The van der Waals surface area contributed by atoms with Gasteiger partial charge in [-0.3, -0.25) is 0 Å². The zero-order valence-electron chi connectivity index (χ0n) is 13.2. The van der Waals surface area contributed by atoms with Crippen LogP contribution in [0, 0.1) is 6.92 Å². The van der Waals surface area contributed by atoms with Gasteiger partial charge in [0, 0.05) is 21.1 Å². The highest BCUT2D eigenvalue weighted by molar-refractivity contribution is 6.53. The van der Waals surface area contributed by atoms with Crippen LogP contribution in [0.15, 0.2) is 52.5 Å². The van der Waals surface area contributed by atoms with Crippen molar-refractivity contribution < 1.29 is 0 Å². The Morgan fingerprint density at radius 2 is 1.61 bits per heavy atom. The van der Waals surface area contributed by atoms with E-state index in [2.05, 4.69) is 62.4 Å². The smallest absolute Gasteiger partial charge is 0.0506 e. The molecule has 0 amide bonds. The summed E-state index contributed by atoms with van der Waals surface area (Å²) in [6.07, 6.45) is 2.13. The summed E-state index contributed by atoms with van der Waals surface area (Å²) in [5.41, 5.74) is 8.76. The summed E-state index contributed by atoms with van der Waals surface area (Å²) in [6.45, 7) is 4.33. The van der Waals surface area contributed by atoms with E-state index in [-0.39, 0.29) is 0 Å². The summed E-state index contributed by atoms with van der Waals surface area (Å²) in [5, 5.41) is 2.02. The molecule has 2 aliphatic rings. The van der Waals surface area contributed by atoms with Crippen LogP contribution < -0.4 is 0 Å². The molecule has 0 aromatic heterocycles. The molecular weight excluding hydrogens is 339 g/mol. The quantitative estimate of drug-likeness (QED) is 0.621. The van der Waals surface area contributed by atoms with Gasteiger partial charge in [-0.15, -0.1) is 0 Å². The van der Waals surface area contributed by atoms with Crippen LogP contribution in [0.3, 0.4) is 0 Å². The fourth-order valence-corrected chi connectivity index (χ4v) is 7.60. The van der Waals surface area contributed by atoms with Gasteiger partial charge in [0.2, 0.25) is 0 Å². The van der Waals surface area contributed by atoms with Crippen molar-refractivity contribution in [3.63, 3.8) is 0 Å². The molecule has 4 rings (SSSR count). The molecule has 2 aromatic carbocycles. The molecule has 2 aromatic rings. The van der Waals surface area contributed by atoms with Crippen LogP contribution in [0.25, 0.3) is 11.6 Å². The molecule has 0 spiro atoms. The topological polar surface area (TPSA) is 0 Å². The highest BCUT2D eigenvalue weighted by Gasteiger charge is 2.34. The summed E-state index contributed by atoms with van der Waals surface area (Å²) in [7, 11) is -0.586. The molecule has 2 unspecified atom stereocenters. The molecule has 116 valence electrons. The molecule has 0 N–H and O–H groups in total. The zero-order chi connectivity index (χ0) is 16.1. The Kier molecular flexibility index (Phi) is 3.76. The van der Waals surface area contributed by atoms with E-state index in [1.54, 1.807) is 0 Å². The van der Waals surface area contributed by atoms with Gasteiger partial charge in [-0.2, -0.15) is 0 Å². The van der Waals surface area contributed by atoms with Crippen LogP contribution in [0.5, 0.6) is 0 Å². The lowest BCUT2D eigenvalue weighted by atomic mass is 10.0. The van der Waals surface area contributed by atoms with Gasteiger partial charge in [0.25, 0.3) is 0 Å². The summed E-state index contributed by atoms with van der Waals surface area (Å²) in [5.74, 6) is 0. The van der Waals surface area contributed by atoms with Gasteiger partial charge in [-0.05, 0) is 53.3 Å². The third kappa shape index (κ3) is 2.34. The van der Waals surface area contributed by atoms with Gasteiger partial charge in [-0.1, -0.05) is 65.7 Å². The molecule has 0 aliphatic heterocycles. The molecule has 0 heterocycles. The molecule has 3 heteroatoms. The van der Waals surface area contributed by atoms with Gasteiger partial charge in [0.05, 0.1) is 9.52 Å². The Hall–Kier alpha value is -1.28. The first kappa shape index (κ1) is 15.3. The van der Waals surface area contributed by atoms with E-state index in [1.165, 1.54) is 33.4 Å².